The van der Waals surface area contributed by atoms with E-state index >= 15 is 0 Å². The Bertz CT molecular complexity index is 642. The molecule has 0 saturated carbocycles. The molecule has 0 aliphatic rings. The second-order valence-corrected chi connectivity index (χ2v) is 4.18. The lowest BCUT2D eigenvalue weighted by molar-refractivity contribution is 0.480. The standard InChI is InChI=1S/C14H10F5N/c1-20-14(8-3-2-7(15)4-10(8)16)9-5-12(18)13(19)6-11(9)17/h2-6,14,20H,1H3. The van der Waals surface area contributed by atoms with Crippen LogP contribution in [0.3, 0.4) is 0 Å². The summed E-state index contributed by atoms with van der Waals surface area (Å²) in [4.78, 5) is 0. The van der Waals surface area contributed by atoms with Gasteiger partial charge in [0.15, 0.2) is 11.6 Å². The first-order valence-corrected chi connectivity index (χ1v) is 5.70. The van der Waals surface area contributed by atoms with Crippen molar-refractivity contribution in [2.75, 3.05) is 7.05 Å². The van der Waals surface area contributed by atoms with Crippen molar-refractivity contribution in [3.63, 3.8) is 0 Å². The van der Waals surface area contributed by atoms with Gasteiger partial charge in [-0.05, 0) is 19.2 Å². The summed E-state index contributed by atoms with van der Waals surface area (Å²) in [5.74, 6) is -5.29. The van der Waals surface area contributed by atoms with Gasteiger partial charge in [-0.1, -0.05) is 6.07 Å². The molecule has 0 fully saturated rings. The van der Waals surface area contributed by atoms with E-state index in [0.29, 0.717) is 18.2 Å². The third kappa shape index (κ3) is 2.65. The zero-order chi connectivity index (χ0) is 14.9. The van der Waals surface area contributed by atoms with Crippen molar-refractivity contribution in [1.82, 2.24) is 5.32 Å². The van der Waals surface area contributed by atoms with Gasteiger partial charge < -0.3 is 5.32 Å². The van der Waals surface area contributed by atoms with E-state index in [4.69, 9.17) is 0 Å². The lowest BCUT2D eigenvalue weighted by Crippen LogP contribution is -2.20. The summed E-state index contributed by atoms with van der Waals surface area (Å²) in [6, 6.07) is 2.72. The molecule has 0 heterocycles. The molecule has 0 aliphatic carbocycles. The van der Waals surface area contributed by atoms with E-state index in [1.807, 2.05) is 0 Å². The Balaban J connectivity index is 2.55. The zero-order valence-electron chi connectivity index (χ0n) is 10.4. The minimum Gasteiger partial charge on any atom is -0.309 e. The van der Waals surface area contributed by atoms with Crippen LogP contribution in [0.2, 0.25) is 0 Å². The average molecular weight is 287 g/mol. The molecule has 20 heavy (non-hydrogen) atoms. The minimum absolute atomic E-state index is 0.0705. The van der Waals surface area contributed by atoms with Gasteiger partial charge in [0.2, 0.25) is 0 Å². The maximum Gasteiger partial charge on any atom is 0.161 e. The summed E-state index contributed by atoms with van der Waals surface area (Å²) < 4.78 is 66.4. The van der Waals surface area contributed by atoms with Crippen molar-refractivity contribution in [1.29, 1.82) is 0 Å². The van der Waals surface area contributed by atoms with Gasteiger partial charge in [0, 0.05) is 23.3 Å². The van der Waals surface area contributed by atoms with Gasteiger partial charge in [0.25, 0.3) is 0 Å². The Hall–Kier alpha value is -1.95. The van der Waals surface area contributed by atoms with Crippen LogP contribution >= 0.6 is 0 Å². The van der Waals surface area contributed by atoms with Gasteiger partial charge in [0.05, 0.1) is 6.04 Å². The van der Waals surface area contributed by atoms with Crippen molar-refractivity contribution in [2.24, 2.45) is 0 Å². The van der Waals surface area contributed by atoms with Crippen LogP contribution in [0.1, 0.15) is 17.2 Å². The number of hydrogen-bond acceptors (Lipinski definition) is 1. The first-order chi connectivity index (χ1) is 9.43. The van der Waals surface area contributed by atoms with E-state index in [-0.39, 0.29) is 11.1 Å². The van der Waals surface area contributed by atoms with Gasteiger partial charge in [-0.3, -0.25) is 0 Å². The summed E-state index contributed by atoms with van der Waals surface area (Å²) >= 11 is 0. The second kappa shape index (κ2) is 5.58. The molecule has 0 radical (unpaired) electrons. The smallest absolute Gasteiger partial charge is 0.161 e. The maximum absolute atomic E-state index is 13.7. The van der Waals surface area contributed by atoms with E-state index < -0.39 is 35.1 Å². The van der Waals surface area contributed by atoms with Gasteiger partial charge in [0.1, 0.15) is 17.5 Å². The molecule has 1 N–H and O–H groups in total. The van der Waals surface area contributed by atoms with Crippen LogP contribution in [0.5, 0.6) is 0 Å². The van der Waals surface area contributed by atoms with Crippen LogP contribution in [-0.4, -0.2) is 7.05 Å². The predicted octanol–water partition coefficient (Wildman–Crippen LogP) is 3.69. The fraction of sp³-hybridized carbons (Fsp3) is 0.143. The highest BCUT2D eigenvalue weighted by Gasteiger charge is 2.22. The predicted molar refractivity (Wildman–Crippen MR) is 63.6 cm³/mol. The highest BCUT2D eigenvalue weighted by molar-refractivity contribution is 5.34. The summed E-state index contributed by atoms with van der Waals surface area (Å²) in [6.45, 7) is 0. The Morgan fingerprint density at radius 1 is 0.750 bits per heavy atom. The maximum atomic E-state index is 13.7. The number of nitrogens with one attached hydrogen (secondary N) is 1. The van der Waals surface area contributed by atoms with Gasteiger partial charge in [-0.15, -0.1) is 0 Å². The van der Waals surface area contributed by atoms with Crippen LogP contribution in [0, 0.1) is 29.1 Å². The Morgan fingerprint density at radius 2 is 1.35 bits per heavy atom. The highest BCUT2D eigenvalue weighted by atomic mass is 19.2. The SMILES string of the molecule is CNC(c1ccc(F)cc1F)c1cc(F)c(F)cc1F. The van der Waals surface area contributed by atoms with E-state index in [9.17, 15) is 22.0 Å². The van der Waals surface area contributed by atoms with Crippen molar-refractivity contribution < 1.29 is 22.0 Å². The molecule has 0 spiro atoms. The summed E-state index contributed by atoms with van der Waals surface area (Å²) in [7, 11) is 1.40. The fourth-order valence-electron chi connectivity index (χ4n) is 1.97. The largest absolute Gasteiger partial charge is 0.309 e. The Morgan fingerprint density at radius 3 is 1.95 bits per heavy atom. The van der Waals surface area contributed by atoms with Crippen molar-refractivity contribution >= 4 is 0 Å². The molecule has 6 heteroatoms. The van der Waals surface area contributed by atoms with E-state index in [0.717, 1.165) is 12.1 Å². The first kappa shape index (κ1) is 14.5. The minimum atomic E-state index is -1.33. The third-order valence-corrected chi connectivity index (χ3v) is 2.91. The molecular formula is C14H10F5N. The number of hydrogen-bond donors (Lipinski definition) is 1. The zero-order valence-corrected chi connectivity index (χ0v) is 10.4. The van der Waals surface area contributed by atoms with Crippen molar-refractivity contribution in [2.45, 2.75) is 6.04 Å². The molecule has 2 aromatic carbocycles. The molecule has 0 bridgehead atoms. The number of benzene rings is 2. The average Bonchev–Trinajstić information content (AvgIpc) is 2.38. The molecule has 0 amide bonds. The van der Waals surface area contributed by atoms with E-state index in [1.165, 1.54) is 7.05 Å². The number of halogens is 5. The van der Waals surface area contributed by atoms with Gasteiger partial charge in [-0.25, -0.2) is 22.0 Å². The fourth-order valence-corrected chi connectivity index (χ4v) is 1.97. The first-order valence-electron chi connectivity index (χ1n) is 5.70. The molecule has 1 nitrogen and oxygen atoms in total. The van der Waals surface area contributed by atoms with E-state index in [1.54, 1.807) is 0 Å². The molecule has 2 rings (SSSR count). The van der Waals surface area contributed by atoms with Crippen LogP contribution in [-0.2, 0) is 0 Å². The second-order valence-electron chi connectivity index (χ2n) is 4.18. The van der Waals surface area contributed by atoms with Gasteiger partial charge in [-0.2, -0.15) is 0 Å². The molecule has 1 atom stereocenters. The molecule has 0 saturated heterocycles. The number of rotatable bonds is 3. The lowest BCUT2D eigenvalue weighted by Gasteiger charge is -2.19. The highest BCUT2D eigenvalue weighted by Crippen LogP contribution is 2.28. The van der Waals surface area contributed by atoms with E-state index in [2.05, 4.69) is 5.32 Å². The quantitative estimate of drug-likeness (QED) is 0.670. The topological polar surface area (TPSA) is 12.0 Å². The Kier molecular flexibility index (Phi) is 4.04. The molecule has 2 aromatic rings. The molecule has 0 aromatic heterocycles. The summed E-state index contributed by atoms with van der Waals surface area (Å²) in [5.41, 5.74) is -0.337. The Labute approximate surface area is 112 Å². The molecular weight excluding hydrogens is 277 g/mol. The van der Waals surface area contributed by atoms with Crippen LogP contribution in [0.15, 0.2) is 30.3 Å². The van der Waals surface area contributed by atoms with Crippen molar-refractivity contribution in [3.8, 4) is 0 Å². The summed E-state index contributed by atoms with van der Waals surface area (Å²) in [5, 5.41) is 2.59. The van der Waals surface area contributed by atoms with Crippen molar-refractivity contribution in [3.05, 3.63) is 70.5 Å². The van der Waals surface area contributed by atoms with Crippen LogP contribution in [0.25, 0.3) is 0 Å². The normalized spacial score (nSPS) is 12.5. The molecule has 1 unspecified atom stereocenters. The monoisotopic (exact) mass is 287 g/mol. The molecule has 106 valence electrons. The lowest BCUT2D eigenvalue weighted by atomic mass is 9.97. The van der Waals surface area contributed by atoms with Crippen LogP contribution in [0.4, 0.5) is 22.0 Å². The third-order valence-electron chi connectivity index (χ3n) is 2.91. The van der Waals surface area contributed by atoms with Gasteiger partial charge >= 0.3 is 0 Å². The molecule has 0 aliphatic heterocycles. The van der Waals surface area contributed by atoms with Crippen LogP contribution < -0.4 is 5.32 Å². The summed E-state index contributed by atoms with van der Waals surface area (Å²) in [6.07, 6.45) is 0.